The first kappa shape index (κ1) is 17.4. The summed E-state index contributed by atoms with van der Waals surface area (Å²) in [7, 11) is 0. The van der Waals surface area contributed by atoms with Crippen molar-refractivity contribution in [3.05, 3.63) is 82.4 Å². The fourth-order valence-corrected chi connectivity index (χ4v) is 3.24. The third-order valence-electron chi connectivity index (χ3n) is 4.49. The zero-order valence-corrected chi connectivity index (χ0v) is 15.1. The molecule has 136 valence electrons. The number of benzene rings is 2. The molecule has 2 heterocycles. The van der Waals surface area contributed by atoms with Crippen molar-refractivity contribution < 1.29 is 9.18 Å². The van der Waals surface area contributed by atoms with Gasteiger partial charge in [-0.15, -0.1) is 0 Å². The lowest BCUT2D eigenvalue weighted by atomic mass is 9.99. The van der Waals surface area contributed by atoms with Crippen molar-refractivity contribution >= 4 is 29.1 Å². The molecular weight excluding hydrogens is 367 g/mol. The van der Waals surface area contributed by atoms with Crippen LogP contribution in [0.2, 0.25) is 5.02 Å². The molecule has 0 radical (unpaired) electrons. The lowest BCUT2D eigenvalue weighted by molar-refractivity contribution is 0.0734. The molecule has 1 N–H and O–H groups in total. The molecule has 1 aliphatic rings. The van der Waals surface area contributed by atoms with Gasteiger partial charge in [0, 0.05) is 31.2 Å². The van der Waals surface area contributed by atoms with Crippen LogP contribution in [0.15, 0.2) is 54.9 Å². The van der Waals surface area contributed by atoms with Crippen LogP contribution in [0, 0.1) is 5.82 Å². The van der Waals surface area contributed by atoms with Gasteiger partial charge < -0.3 is 10.2 Å². The summed E-state index contributed by atoms with van der Waals surface area (Å²) in [4.78, 5) is 22.9. The molecule has 4 rings (SSSR count). The molecule has 0 aliphatic carbocycles. The number of aromatic nitrogens is 2. The summed E-state index contributed by atoms with van der Waals surface area (Å²) in [5, 5.41) is 2.94. The molecule has 7 heteroatoms. The lowest BCUT2D eigenvalue weighted by Gasteiger charge is -2.28. The maximum absolute atomic E-state index is 13.2. The highest BCUT2D eigenvalue weighted by Gasteiger charge is 2.22. The predicted molar refractivity (Wildman–Crippen MR) is 102 cm³/mol. The number of carbonyl (C=O) groups is 1. The Balaban J connectivity index is 1.46. The Morgan fingerprint density at radius 3 is 2.59 bits per heavy atom. The number of nitrogens with zero attached hydrogens (tertiary/aromatic N) is 3. The van der Waals surface area contributed by atoms with E-state index in [0.717, 1.165) is 6.42 Å². The van der Waals surface area contributed by atoms with Crippen molar-refractivity contribution in [1.29, 1.82) is 0 Å². The quantitative estimate of drug-likeness (QED) is 0.737. The second-order valence-corrected chi connectivity index (χ2v) is 6.70. The standard InChI is InChI=1S/C20H16ClFN4O/c21-17-9-16(5-6-18(17)22)25-20-23-10-15(11-24-20)19(27)26-8-7-13-3-1-2-4-14(13)12-26/h1-6,9-11H,7-8,12H2,(H,23,24,25). The summed E-state index contributed by atoms with van der Waals surface area (Å²) < 4.78 is 13.2. The number of amides is 1. The van der Waals surface area contributed by atoms with Crippen molar-refractivity contribution in [3.63, 3.8) is 0 Å². The molecule has 1 aromatic heterocycles. The summed E-state index contributed by atoms with van der Waals surface area (Å²) in [6.07, 6.45) is 3.82. The molecule has 0 spiro atoms. The predicted octanol–water partition coefficient (Wildman–Crippen LogP) is 4.21. The van der Waals surface area contributed by atoms with Crippen molar-refractivity contribution in [2.24, 2.45) is 0 Å². The Morgan fingerprint density at radius 2 is 1.85 bits per heavy atom. The molecular formula is C20H16ClFN4O. The van der Waals surface area contributed by atoms with E-state index in [0.29, 0.717) is 30.3 Å². The van der Waals surface area contributed by atoms with E-state index < -0.39 is 5.82 Å². The molecule has 0 saturated heterocycles. The largest absolute Gasteiger partial charge is 0.334 e. The Kier molecular flexibility index (Phi) is 4.73. The highest BCUT2D eigenvalue weighted by molar-refractivity contribution is 6.31. The fourth-order valence-electron chi connectivity index (χ4n) is 3.06. The maximum Gasteiger partial charge on any atom is 0.257 e. The minimum absolute atomic E-state index is 0.0113. The number of nitrogens with one attached hydrogen (secondary N) is 1. The summed E-state index contributed by atoms with van der Waals surface area (Å²) in [5.41, 5.74) is 3.45. The van der Waals surface area contributed by atoms with Crippen LogP contribution < -0.4 is 5.32 Å². The molecule has 1 amide bonds. The third-order valence-corrected chi connectivity index (χ3v) is 4.78. The smallest absolute Gasteiger partial charge is 0.257 e. The molecule has 0 unspecified atom stereocenters. The van der Waals surface area contributed by atoms with Gasteiger partial charge in [-0.3, -0.25) is 4.79 Å². The first-order valence-corrected chi connectivity index (χ1v) is 8.88. The summed E-state index contributed by atoms with van der Waals surface area (Å²) in [6, 6.07) is 12.4. The molecule has 0 atom stereocenters. The number of hydrogen-bond acceptors (Lipinski definition) is 4. The van der Waals surface area contributed by atoms with Crippen molar-refractivity contribution in [2.75, 3.05) is 11.9 Å². The van der Waals surface area contributed by atoms with Gasteiger partial charge >= 0.3 is 0 Å². The molecule has 27 heavy (non-hydrogen) atoms. The van der Waals surface area contributed by atoms with E-state index in [1.165, 1.54) is 41.7 Å². The highest BCUT2D eigenvalue weighted by Crippen LogP contribution is 2.22. The molecule has 0 saturated carbocycles. The van der Waals surface area contributed by atoms with Crippen LogP contribution >= 0.6 is 11.6 Å². The zero-order valence-electron chi connectivity index (χ0n) is 14.3. The number of rotatable bonds is 3. The van der Waals surface area contributed by atoms with Crippen molar-refractivity contribution in [2.45, 2.75) is 13.0 Å². The molecule has 2 aromatic carbocycles. The van der Waals surface area contributed by atoms with Crippen LogP contribution in [0.1, 0.15) is 21.5 Å². The average molecular weight is 383 g/mol. The van der Waals surface area contributed by atoms with Crippen molar-refractivity contribution in [3.8, 4) is 0 Å². The Morgan fingerprint density at radius 1 is 1.11 bits per heavy atom. The monoisotopic (exact) mass is 382 g/mol. The van der Waals surface area contributed by atoms with Crippen LogP contribution in [-0.2, 0) is 13.0 Å². The lowest BCUT2D eigenvalue weighted by Crippen LogP contribution is -2.36. The first-order chi connectivity index (χ1) is 13.1. The van der Waals surface area contributed by atoms with Crippen LogP contribution in [-0.4, -0.2) is 27.3 Å². The SMILES string of the molecule is O=C(c1cnc(Nc2ccc(F)c(Cl)c2)nc1)N1CCc2ccccc2C1. The summed E-state index contributed by atoms with van der Waals surface area (Å²) in [6.45, 7) is 1.26. The van der Waals surface area contributed by atoms with Gasteiger partial charge in [-0.05, 0) is 35.7 Å². The minimum Gasteiger partial charge on any atom is -0.334 e. The van der Waals surface area contributed by atoms with Gasteiger partial charge in [0.05, 0.1) is 10.6 Å². The first-order valence-electron chi connectivity index (χ1n) is 8.50. The molecule has 5 nitrogen and oxygen atoms in total. The molecule has 3 aromatic rings. The van der Waals surface area contributed by atoms with Gasteiger partial charge in [0.25, 0.3) is 5.91 Å². The number of fused-ring (bicyclic) bond motifs is 1. The van der Waals surface area contributed by atoms with Gasteiger partial charge in [-0.1, -0.05) is 35.9 Å². The fraction of sp³-hybridized carbons (Fsp3) is 0.150. The molecule has 1 aliphatic heterocycles. The Bertz CT molecular complexity index is 994. The average Bonchev–Trinajstić information content (AvgIpc) is 2.70. The molecule has 0 fully saturated rings. The van der Waals surface area contributed by atoms with E-state index in [1.807, 2.05) is 18.2 Å². The zero-order chi connectivity index (χ0) is 18.8. The number of anilines is 2. The second kappa shape index (κ2) is 7.32. The van der Waals surface area contributed by atoms with Gasteiger partial charge in [-0.25, -0.2) is 14.4 Å². The third kappa shape index (κ3) is 3.75. The highest BCUT2D eigenvalue weighted by atomic mass is 35.5. The van der Waals surface area contributed by atoms with E-state index in [2.05, 4.69) is 21.4 Å². The van der Waals surface area contributed by atoms with Crippen LogP contribution in [0.4, 0.5) is 16.0 Å². The summed E-state index contributed by atoms with van der Waals surface area (Å²) >= 11 is 5.76. The topological polar surface area (TPSA) is 58.1 Å². The number of carbonyl (C=O) groups excluding carboxylic acids is 1. The second-order valence-electron chi connectivity index (χ2n) is 6.29. The minimum atomic E-state index is -0.493. The van der Waals surface area contributed by atoms with Crippen LogP contribution in [0.25, 0.3) is 0 Å². The van der Waals surface area contributed by atoms with E-state index in [-0.39, 0.29) is 10.9 Å². The maximum atomic E-state index is 13.2. The van der Waals surface area contributed by atoms with Crippen LogP contribution in [0.5, 0.6) is 0 Å². The summed E-state index contributed by atoms with van der Waals surface area (Å²) in [5.74, 6) is -0.286. The Labute approximate surface area is 160 Å². The van der Waals surface area contributed by atoms with E-state index >= 15 is 0 Å². The van der Waals surface area contributed by atoms with Gasteiger partial charge in [-0.2, -0.15) is 0 Å². The normalized spacial score (nSPS) is 13.2. The van der Waals surface area contributed by atoms with E-state index in [1.54, 1.807) is 4.90 Å². The van der Waals surface area contributed by atoms with Gasteiger partial charge in [0.2, 0.25) is 5.95 Å². The van der Waals surface area contributed by atoms with Gasteiger partial charge in [0.1, 0.15) is 5.82 Å². The van der Waals surface area contributed by atoms with Gasteiger partial charge in [0.15, 0.2) is 0 Å². The number of hydrogen-bond donors (Lipinski definition) is 1. The number of halogens is 2. The Hall–Kier alpha value is -2.99. The molecule has 0 bridgehead atoms. The van der Waals surface area contributed by atoms with Crippen molar-refractivity contribution in [1.82, 2.24) is 14.9 Å². The van der Waals surface area contributed by atoms with E-state index in [4.69, 9.17) is 11.6 Å². The van der Waals surface area contributed by atoms with Crippen LogP contribution in [0.3, 0.4) is 0 Å². The van der Waals surface area contributed by atoms with E-state index in [9.17, 15) is 9.18 Å².